The van der Waals surface area contributed by atoms with E-state index in [0.717, 1.165) is 25.9 Å². The Labute approximate surface area is 130 Å². The molecule has 0 atom stereocenters. The number of para-hydroxylation sites is 2. The summed E-state index contributed by atoms with van der Waals surface area (Å²) in [5, 5.41) is 5.31. The summed E-state index contributed by atoms with van der Waals surface area (Å²) in [5.41, 5.74) is 0.585. The van der Waals surface area contributed by atoms with Crippen LogP contribution in [-0.4, -0.2) is 42.6 Å². The van der Waals surface area contributed by atoms with Gasteiger partial charge >= 0.3 is 6.03 Å². The molecule has 0 radical (unpaired) electrons. The zero-order chi connectivity index (χ0) is 15.9. The van der Waals surface area contributed by atoms with Gasteiger partial charge in [0, 0.05) is 13.1 Å². The number of urea groups is 1. The molecule has 0 bridgehead atoms. The highest BCUT2D eigenvalue weighted by Crippen LogP contribution is 2.24. The van der Waals surface area contributed by atoms with Crippen molar-refractivity contribution in [1.29, 1.82) is 0 Å². The minimum Gasteiger partial charge on any atom is -0.489 e. The molecule has 0 aliphatic carbocycles. The van der Waals surface area contributed by atoms with E-state index in [-0.39, 0.29) is 18.6 Å². The van der Waals surface area contributed by atoms with Crippen molar-refractivity contribution >= 4 is 17.6 Å². The molecular weight excluding hydrogens is 282 g/mol. The number of likely N-dealkylation sites (tertiary alicyclic amines) is 1. The van der Waals surface area contributed by atoms with Crippen molar-refractivity contribution < 1.29 is 14.3 Å². The molecule has 22 heavy (non-hydrogen) atoms. The number of amides is 3. The van der Waals surface area contributed by atoms with E-state index in [1.807, 2.05) is 26.0 Å². The number of carbonyl (C=O) groups is 2. The summed E-state index contributed by atoms with van der Waals surface area (Å²) in [6.07, 6.45) is 2.10. The van der Waals surface area contributed by atoms with Crippen LogP contribution in [0.3, 0.4) is 0 Å². The zero-order valence-electron chi connectivity index (χ0n) is 13.1. The second kappa shape index (κ2) is 7.68. The molecule has 6 heteroatoms. The van der Waals surface area contributed by atoms with E-state index >= 15 is 0 Å². The Morgan fingerprint density at radius 3 is 2.59 bits per heavy atom. The molecule has 2 rings (SSSR count). The van der Waals surface area contributed by atoms with Gasteiger partial charge in [0.1, 0.15) is 5.75 Å². The summed E-state index contributed by atoms with van der Waals surface area (Å²) >= 11 is 0. The van der Waals surface area contributed by atoms with Crippen LogP contribution in [0, 0.1) is 0 Å². The van der Waals surface area contributed by atoms with Gasteiger partial charge in [-0.3, -0.25) is 4.79 Å². The number of nitrogens with zero attached hydrogens (tertiary/aromatic N) is 1. The van der Waals surface area contributed by atoms with Crippen LogP contribution in [0.5, 0.6) is 5.75 Å². The van der Waals surface area contributed by atoms with Gasteiger partial charge in [0.2, 0.25) is 5.91 Å². The summed E-state index contributed by atoms with van der Waals surface area (Å²) in [4.78, 5) is 25.6. The summed E-state index contributed by atoms with van der Waals surface area (Å²) in [7, 11) is 0. The largest absolute Gasteiger partial charge is 0.489 e. The monoisotopic (exact) mass is 305 g/mol. The minimum atomic E-state index is -0.410. The lowest BCUT2D eigenvalue weighted by molar-refractivity contribution is -0.128. The Hall–Kier alpha value is -2.24. The van der Waals surface area contributed by atoms with Crippen molar-refractivity contribution in [3.63, 3.8) is 0 Å². The molecule has 1 fully saturated rings. The second-order valence-electron chi connectivity index (χ2n) is 5.56. The molecule has 1 aliphatic rings. The lowest BCUT2D eigenvalue weighted by atomic mass is 10.3. The molecule has 0 spiro atoms. The number of hydrogen-bond acceptors (Lipinski definition) is 3. The van der Waals surface area contributed by atoms with Crippen LogP contribution in [0.1, 0.15) is 26.7 Å². The van der Waals surface area contributed by atoms with Crippen LogP contribution in [0.25, 0.3) is 0 Å². The molecule has 1 aliphatic heterocycles. The van der Waals surface area contributed by atoms with Crippen LogP contribution in [0.4, 0.5) is 10.5 Å². The molecule has 6 nitrogen and oxygen atoms in total. The topological polar surface area (TPSA) is 70.7 Å². The van der Waals surface area contributed by atoms with E-state index in [1.165, 1.54) is 0 Å². The van der Waals surface area contributed by atoms with Crippen LogP contribution >= 0.6 is 0 Å². The lowest BCUT2D eigenvalue weighted by Gasteiger charge is -2.17. The number of anilines is 1. The number of hydrogen-bond donors (Lipinski definition) is 2. The number of nitrogens with one attached hydrogen (secondary N) is 2. The normalized spacial score (nSPS) is 14.0. The SMILES string of the molecule is CC(C)Oc1ccccc1NC(=O)NCC(=O)N1CCCC1. The average molecular weight is 305 g/mol. The van der Waals surface area contributed by atoms with Crippen molar-refractivity contribution in [2.24, 2.45) is 0 Å². The van der Waals surface area contributed by atoms with E-state index in [9.17, 15) is 9.59 Å². The summed E-state index contributed by atoms with van der Waals surface area (Å²) in [6.45, 7) is 5.43. The average Bonchev–Trinajstić information content (AvgIpc) is 3.00. The van der Waals surface area contributed by atoms with Crippen molar-refractivity contribution in [3.05, 3.63) is 24.3 Å². The fourth-order valence-corrected chi connectivity index (χ4v) is 2.33. The molecule has 120 valence electrons. The summed E-state index contributed by atoms with van der Waals surface area (Å²) < 4.78 is 5.64. The number of benzene rings is 1. The highest BCUT2D eigenvalue weighted by Gasteiger charge is 2.18. The molecule has 1 heterocycles. The van der Waals surface area contributed by atoms with Gasteiger partial charge in [0.05, 0.1) is 18.3 Å². The molecular formula is C16H23N3O3. The molecule has 1 aromatic carbocycles. The minimum absolute atomic E-state index is 0.0129. The van der Waals surface area contributed by atoms with Crippen molar-refractivity contribution in [3.8, 4) is 5.75 Å². The first-order chi connectivity index (χ1) is 10.6. The number of ether oxygens (including phenoxy) is 1. The van der Waals surface area contributed by atoms with Gasteiger partial charge in [-0.1, -0.05) is 12.1 Å². The predicted octanol–water partition coefficient (Wildman–Crippen LogP) is 2.22. The Balaban J connectivity index is 1.85. The third kappa shape index (κ3) is 4.65. The Kier molecular flexibility index (Phi) is 5.63. The first kappa shape index (κ1) is 16.1. The van der Waals surface area contributed by atoms with E-state index < -0.39 is 6.03 Å². The van der Waals surface area contributed by atoms with Crippen LogP contribution < -0.4 is 15.4 Å². The van der Waals surface area contributed by atoms with Crippen molar-refractivity contribution in [2.45, 2.75) is 32.8 Å². The molecule has 1 aromatic rings. The van der Waals surface area contributed by atoms with Gasteiger partial charge in [-0.2, -0.15) is 0 Å². The maximum atomic E-state index is 11.9. The molecule has 3 amide bonds. The van der Waals surface area contributed by atoms with Crippen LogP contribution in [0.2, 0.25) is 0 Å². The third-order valence-electron chi connectivity index (χ3n) is 3.36. The fraction of sp³-hybridized carbons (Fsp3) is 0.500. The van der Waals surface area contributed by atoms with E-state index in [1.54, 1.807) is 17.0 Å². The van der Waals surface area contributed by atoms with Crippen molar-refractivity contribution in [1.82, 2.24) is 10.2 Å². The fourth-order valence-electron chi connectivity index (χ4n) is 2.33. The Bertz CT molecular complexity index is 525. The molecule has 0 saturated carbocycles. The van der Waals surface area contributed by atoms with Gasteiger partial charge in [-0.15, -0.1) is 0 Å². The summed E-state index contributed by atoms with van der Waals surface area (Å²) in [6, 6.07) is 6.81. The highest BCUT2D eigenvalue weighted by molar-refractivity contribution is 5.93. The lowest BCUT2D eigenvalue weighted by Crippen LogP contribution is -2.40. The Morgan fingerprint density at radius 1 is 1.23 bits per heavy atom. The molecule has 0 aromatic heterocycles. The van der Waals surface area contributed by atoms with Gasteiger partial charge in [-0.05, 0) is 38.8 Å². The van der Waals surface area contributed by atoms with Gasteiger partial charge in [0.25, 0.3) is 0 Å². The number of carbonyl (C=O) groups excluding carboxylic acids is 2. The maximum absolute atomic E-state index is 11.9. The van der Waals surface area contributed by atoms with Crippen LogP contribution in [-0.2, 0) is 4.79 Å². The van der Waals surface area contributed by atoms with Crippen molar-refractivity contribution in [2.75, 3.05) is 25.0 Å². The number of rotatable bonds is 5. The smallest absolute Gasteiger partial charge is 0.319 e. The first-order valence-corrected chi connectivity index (χ1v) is 7.64. The van der Waals surface area contributed by atoms with E-state index in [4.69, 9.17) is 4.74 Å². The quantitative estimate of drug-likeness (QED) is 0.876. The standard InChI is InChI=1S/C16H23N3O3/c1-12(2)22-14-8-4-3-7-13(14)18-16(21)17-11-15(20)19-9-5-6-10-19/h3-4,7-8,12H,5-6,9-11H2,1-2H3,(H2,17,18,21). The molecule has 2 N–H and O–H groups in total. The molecule has 0 unspecified atom stereocenters. The highest BCUT2D eigenvalue weighted by atomic mass is 16.5. The zero-order valence-corrected chi connectivity index (χ0v) is 13.1. The van der Waals surface area contributed by atoms with E-state index in [0.29, 0.717) is 11.4 Å². The van der Waals surface area contributed by atoms with Crippen LogP contribution in [0.15, 0.2) is 24.3 Å². The van der Waals surface area contributed by atoms with Gasteiger partial charge in [-0.25, -0.2) is 4.79 Å². The first-order valence-electron chi connectivity index (χ1n) is 7.64. The van der Waals surface area contributed by atoms with E-state index in [2.05, 4.69) is 10.6 Å². The van der Waals surface area contributed by atoms with Gasteiger partial charge in [0.15, 0.2) is 0 Å². The Morgan fingerprint density at radius 2 is 1.91 bits per heavy atom. The maximum Gasteiger partial charge on any atom is 0.319 e. The summed E-state index contributed by atoms with van der Waals surface area (Å²) in [5.74, 6) is 0.567. The van der Waals surface area contributed by atoms with Gasteiger partial charge < -0.3 is 20.3 Å². The third-order valence-corrected chi connectivity index (χ3v) is 3.36. The molecule has 1 saturated heterocycles. The predicted molar refractivity (Wildman–Crippen MR) is 85.0 cm³/mol. The second-order valence-corrected chi connectivity index (χ2v) is 5.56.